The summed E-state index contributed by atoms with van der Waals surface area (Å²) in [5, 5.41) is 26.6. The molecule has 0 atom stereocenters. The molecule has 0 unspecified atom stereocenters. The maximum Gasteiger partial charge on any atom is 0.185 e. The van der Waals surface area contributed by atoms with E-state index in [0.29, 0.717) is 0 Å². The Labute approximate surface area is 409 Å². The van der Waals surface area contributed by atoms with Crippen LogP contribution >= 0.6 is 34.0 Å². The Kier molecular flexibility index (Phi) is 7.32. The monoisotopic (exact) mass is 943 g/mol. The zero-order valence-corrected chi connectivity index (χ0v) is 39.5. The van der Waals surface area contributed by atoms with Crippen molar-refractivity contribution in [2.75, 3.05) is 0 Å². The highest BCUT2D eigenvalue weighted by molar-refractivity contribution is 7.26. The van der Waals surface area contributed by atoms with Crippen molar-refractivity contribution in [2.24, 2.45) is 0 Å². The lowest BCUT2D eigenvalue weighted by molar-refractivity contribution is 0.955. The largest absolute Gasteiger partial charge is 0.309 e. The van der Waals surface area contributed by atoms with Gasteiger partial charge in [0.05, 0.1) is 38.6 Å². The van der Waals surface area contributed by atoms with Crippen LogP contribution in [0.25, 0.3) is 154 Å². The Morgan fingerprint density at radius 3 is 1.16 bits per heavy atom. The molecule has 0 bridgehead atoms. The first kappa shape index (κ1) is 37.6. The van der Waals surface area contributed by atoms with Crippen LogP contribution in [0.3, 0.4) is 0 Å². The molecule has 0 aliphatic heterocycles. The number of benzene rings is 10. The summed E-state index contributed by atoms with van der Waals surface area (Å²) in [5.74, 6) is 0.782. The van der Waals surface area contributed by atoms with Gasteiger partial charge in [-0.3, -0.25) is 4.57 Å². The van der Waals surface area contributed by atoms with E-state index in [-0.39, 0.29) is 0 Å². The van der Waals surface area contributed by atoms with Crippen LogP contribution in [0.4, 0.5) is 0 Å². The summed E-state index contributed by atoms with van der Waals surface area (Å²) in [7, 11) is 0. The minimum atomic E-state index is 0.782. The molecule has 0 spiro atoms. The van der Waals surface area contributed by atoms with Gasteiger partial charge in [0.1, 0.15) is 5.69 Å². The van der Waals surface area contributed by atoms with E-state index in [2.05, 4.69) is 214 Å². The lowest BCUT2D eigenvalue weighted by Crippen LogP contribution is -2.09. The lowest BCUT2D eigenvalue weighted by Gasteiger charge is -2.18. The third kappa shape index (κ3) is 4.94. The maximum atomic E-state index is 5.38. The molecule has 324 valence electrons. The molecular weight excluding hydrogens is 911 g/mol. The van der Waals surface area contributed by atoms with Gasteiger partial charge in [0.25, 0.3) is 0 Å². The molecule has 0 amide bonds. The van der Waals surface area contributed by atoms with E-state index in [0.717, 1.165) is 50.2 Å². The molecule has 7 aromatic heterocycles. The van der Waals surface area contributed by atoms with Crippen LogP contribution in [0.5, 0.6) is 0 Å². The van der Waals surface area contributed by atoms with Crippen molar-refractivity contribution in [3.05, 3.63) is 200 Å². The molecule has 0 radical (unpaired) electrons. The van der Waals surface area contributed by atoms with Crippen molar-refractivity contribution in [1.29, 1.82) is 0 Å². The fraction of sp³-hybridized carbons (Fsp3) is 0. The Morgan fingerprint density at radius 2 is 0.657 bits per heavy atom. The number of rotatable bonds is 3. The molecule has 0 aliphatic rings. The van der Waals surface area contributed by atoms with Gasteiger partial charge < -0.3 is 9.13 Å². The van der Waals surface area contributed by atoms with Crippen molar-refractivity contribution in [3.63, 3.8) is 0 Å². The number of thiophene rings is 3. The molecule has 70 heavy (non-hydrogen) atoms. The summed E-state index contributed by atoms with van der Waals surface area (Å²) >= 11 is 5.57. The van der Waals surface area contributed by atoms with Crippen LogP contribution in [-0.2, 0) is 0 Å². The minimum Gasteiger partial charge on any atom is -0.309 e. The van der Waals surface area contributed by atoms with Gasteiger partial charge in [-0.15, -0.1) is 44.2 Å². The van der Waals surface area contributed by atoms with Gasteiger partial charge in [-0.05, 0) is 91.0 Å². The number of para-hydroxylation sites is 3. The van der Waals surface area contributed by atoms with E-state index in [4.69, 9.17) is 10.2 Å². The number of fused-ring (bicyclic) bond motifs is 19. The highest BCUT2D eigenvalue weighted by Crippen LogP contribution is 2.47. The third-order valence-electron chi connectivity index (χ3n) is 14.9. The zero-order valence-electron chi connectivity index (χ0n) is 37.0. The lowest BCUT2D eigenvalue weighted by atomic mass is 10.1. The standard InChI is InChI=1S/C62H33N5S3/c1-7-19-49-35(13-1)41-28-44-38-16-4-10-22-55(38)68-58(44)31-52(41)65(49)34-25-26-48-47(27-34)61(66-50-20-8-2-14-36(50)42-29-45-39-17-5-11-23-56(39)69-59(45)32-53(42)66)62(64-63-48)67-51-21-9-3-15-37(51)43-30-46-40-18-6-12-24-57(40)70-60(46)33-54(43)67/h1-33H. The summed E-state index contributed by atoms with van der Waals surface area (Å²) in [5.41, 5.74) is 9.70. The van der Waals surface area contributed by atoms with Gasteiger partial charge in [-0.1, -0.05) is 109 Å². The van der Waals surface area contributed by atoms with Gasteiger partial charge in [0.2, 0.25) is 0 Å². The highest BCUT2D eigenvalue weighted by atomic mass is 32.1. The third-order valence-corrected chi connectivity index (χ3v) is 18.3. The SMILES string of the molecule is c1ccc2c(c1)sc1cc3c(cc12)c1ccccc1n3-c1ccc2nnc(-n3c4ccccc4c4cc5c(cc43)sc3ccccc35)c(-n3c4ccccc4c4cc5c(cc43)sc3ccccc35)c2c1. The summed E-state index contributed by atoms with van der Waals surface area (Å²) in [4.78, 5) is 0. The van der Waals surface area contributed by atoms with Crippen molar-refractivity contribution in [3.8, 4) is 17.2 Å². The zero-order chi connectivity index (χ0) is 45.3. The van der Waals surface area contributed by atoms with Crippen LogP contribution < -0.4 is 0 Å². The average molecular weight is 944 g/mol. The Balaban J connectivity index is 1.04. The van der Waals surface area contributed by atoms with Crippen LogP contribution in [0.1, 0.15) is 0 Å². The van der Waals surface area contributed by atoms with Gasteiger partial charge in [0, 0.05) is 104 Å². The number of hydrogen-bond acceptors (Lipinski definition) is 5. The molecular formula is C62H33N5S3. The second-order valence-electron chi connectivity index (χ2n) is 18.5. The molecule has 17 aromatic rings. The van der Waals surface area contributed by atoms with Crippen LogP contribution in [0.2, 0.25) is 0 Å². The number of aromatic nitrogens is 5. The van der Waals surface area contributed by atoms with Crippen molar-refractivity contribution >= 4 is 171 Å². The quantitative estimate of drug-likeness (QED) is 0.177. The predicted octanol–water partition coefficient (Wildman–Crippen LogP) is 18.0. The van der Waals surface area contributed by atoms with Crippen LogP contribution in [-0.4, -0.2) is 23.9 Å². The Hall–Kier alpha value is -8.40. The van der Waals surface area contributed by atoms with Crippen LogP contribution in [0.15, 0.2) is 200 Å². The molecule has 7 heterocycles. The average Bonchev–Trinajstić information content (AvgIpc) is 4.25. The number of hydrogen-bond donors (Lipinski definition) is 0. The van der Waals surface area contributed by atoms with Gasteiger partial charge in [0.15, 0.2) is 5.82 Å². The van der Waals surface area contributed by atoms with E-state index in [9.17, 15) is 0 Å². The summed E-state index contributed by atoms with van der Waals surface area (Å²) in [6, 6.07) is 74.2. The summed E-state index contributed by atoms with van der Waals surface area (Å²) in [6.45, 7) is 0. The highest BCUT2D eigenvalue weighted by Gasteiger charge is 2.26. The molecule has 5 nitrogen and oxygen atoms in total. The van der Waals surface area contributed by atoms with E-state index in [1.165, 1.54) is 104 Å². The summed E-state index contributed by atoms with van der Waals surface area (Å²) in [6.07, 6.45) is 0. The number of nitrogens with zero attached hydrogens (tertiary/aromatic N) is 5. The van der Waals surface area contributed by atoms with E-state index in [1.54, 1.807) is 0 Å². The first-order valence-electron chi connectivity index (χ1n) is 23.6. The van der Waals surface area contributed by atoms with Gasteiger partial charge in [-0.2, -0.15) is 0 Å². The maximum absolute atomic E-state index is 5.38. The molecule has 17 rings (SSSR count). The molecule has 0 N–H and O–H groups in total. The first-order chi connectivity index (χ1) is 34.7. The summed E-state index contributed by atoms with van der Waals surface area (Å²) < 4.78 is 15.0. The van der Waals surface area contributed by atoms with E-state index >= 15 is 0 Å². The van der Waals surface area contributed by atoms with Crippen molar-refractivity contribution < 1.29 is 0 Å². The van der Waals surface area contributed by atoms with E-state index < -0.39 is 0 Å². The molecule has 0 aliphatic carbocycles. The van der Waals surface area contributed by atoms with Crippen molar-refractivity contribution in [1.82, 2.24) is 23.9 Å². The smallest absolute Gasteiger partial charge is 0.185 e. The van der Waals surface area contributed by atoms with Crippen molar-refractivity contribution in [2.45, 2.75) is 0 Å². The van der Waals surface area contributed by atoms with E-state index in [1.807, 2.05) is 34.0 Å². The topological polar surface area (TPSA) is 40.6 Å². The first-order valence-corrected chi connectivity index (χ1v) is 26.0. The molecule has 10 aromatic carbocycles. The Bertz CT molecular complexity index is 5150. The van der Waals surface area contributed by atoms with Crippen LogP contribution in [0, 0.1) is 0 Å². The minimum absolute atomic E-state index is 0.782. The van der Waals surface area contributed by atoms with Gasteiger partial charge in [-0.25, -0.2) is 0 Å². The molecule has 8 heteroatoms. The van der Waals surface area contributed by atoms with Gasteiger partial charge >= 0.3 is 0 Å². The molecule has 0 saturated heterocycles. The normalized spacial score (nSPS) is 12.6. The Morgan fingerprint density at radius 1 is 0.257 bits per heavy atom. The predicted molar refractivity (Wildman–Crippen MR) is 301 cm³/mol. The molecule has 0 fully saturated rings. The second-order valence-corrected chi connectivity index (χ2v) is 21.8. The fourth-order valence-electron chi connectivity index (χ4n) is 11.9. The fourth-order valence-corrected chi connectivity index (χ4v) is 15.3. The molecule has 0 saturated carbocycles. The second kappa shape index (κ2) is 13.6.